The van der Waals surface area contributed by atoms with Gasteiger partial charge in [-0.05, 0) is 6.92 Å². The number of carbonyl (C=O) groups is 2. The van der Waals surface area contributed by atoms with Crippen LogP contribution in [0.1, 0.15) is 20.3 Å². The zero-order valence-corrected chi connectivity index (χ0v) is 13.3. The average molecular weight is 339 g/mol. The minimum Gasteiger partial charge on any atom is -0.465 e. The van der Waals surface area contributed by atoms with Crippen molar-refractivity contribution in [3.8, 4) is 0 Å². The molecule has 0 radical (unpaired) electrons. The second-order valence-electron chi connectivity index (χ2n) is 5.06. The highest BCUT2D eigenvalue weighted by molar-refractivity contribution is 5.77. The number of rotatable bonds is 10. The molecule has 0 aromatic carbocycles. The summed E-state index contributed by atoms with van der Waals surface area (Å²) in [7, 11) is 0.985. The van der Waals surface area contributed by atoms with Gasteiger partial charge in [0.1, 0.15) is 18.3 Å². The highest BCUT2D eigenvalue weighted by Gasteiger charge is 2.45. The van der Waals surface area contributed by atoms with Gasteiger partial charge in [-0.2, -0.15) is 0 Å². The zero-order chi connectivity index (χ0) is 18.2. The zero-order valence-electron chi connectivity index (χ0n) is 13.3. The van der Waals surface area contributed by atoms with Crippen LogP contribution in [0, 0.1) is 0 Å². The highest BCUT2D eigenvalue weighted by atomic mass is 16.7. The maximum absolute atomic E-state index is 11.7. The molecule has 0 aromatic heterocycles. The van der Waals surface area contributed by atoms with E-state index >= 15 is 0 Å². The molecular formula is C13H25NO9. The Morgan fingerprint density at radius 2 is 1.83 bits per heavy atom. The van der Waals surface area contributed by atoms with Gasteiger partial charge in [-0.25, -0.2) is 4.79 Å². The summed E-state index contributed by atoms with van der Waals surface area (Å²) in [6, 6.07) is -0.946. The minimum absolute atomic E-state index is 0.486. The summed E-state index contributed by atoms with van der Waals surface area (Å²) in [5.74, 6) is -4.31. The largest absolute Gasteiger partial charge is 0.465 e. The predicted octanol–water partition coefficient (Wildman–Crippen LogP) is -3.15. The first kappa shape index (κ1) is 21.7. The van der Waals surface area contributed by atoms with Gasteiger partial charge in [-0.1, -0.05) is 0 Å². The fraction of sp³-hybridized carbons (Fsp3) is 0.846. The summed E-state index contributed by atoms with van der Waals surface area (Å²) in [6.45, 7) is 1.15. The van der Waals surface area contributed by atoms with Crippen LogP contribution in [0.15, 0.2) is 0 Å². The molecule has 0 aliphatic carbocycles. The highest BCUT2D eigenvalue weighted by Crippen LogP contribution is 2.21. The fourth-order valence-electron chi connectivity index (χ4n) is 1.94. The van der Waals surface area contributed by atoms with Crippen molar-refractivity contribution < 1.29 is 44.6 Å². The molecule has 0 aliphatic heterocycles. The Labute approximate surface area is 133 Å². The Morgan fingerprint density at radius 1 is 1.26 bits per heavy atom. The number of esters is 1. The second-order valence-corrected chi connectivity index (χ2v) is 5.06. The van der Waals surface area contributed by atoms with Crippen LogP contribution in [0.3, 0.4) is 0 Å². The lowest BCUT2D eigenvalue weighted by molar-refractivity contribution is -0.266. The summed E-state index contributed by atoms with van der Waals surface area (Å²) in [6.07, 6.45) is -5.43. The monoisotopic (exact) mass is 339 g/mol. The van der Waals surface area contributed by atoms with E-state index in [-0.39, 0.29) is 0 Å². The van der Waals surface area contributed by atoms with Crippen LogP contribution in [-0.4, -0.2) is 87.9 Å². The molecule has 0 saturated carbocycles. The van der Waals surface area contributed by atoms with Gasteiger partial charge in [-0.15, -0.1) is 0 Å². The molecule has 2 unspecified atom stereocenters. The van der Waals surface area contributed by atoms with Crippen LogP contribution >= 0.6 is 0 Å². The molecule has 6 N–H and O–H groups in total. The molecule has 1 amide bonds. The van der Waals surface area contributed by atoms with Crippen LogP contribution in [0.5, 0.6) is 0 Å². The molecule has 0 aromatic rings. The molecular weight excluding hydrogens is 314 g/mol. The number of nitrogens with one attached hydrogen (secondary N) is 1. The number of ether oxygens (including phenoxy) is 2. The van der Waals surface area contributed by atoms with Crippen molar-refractivity contribution in [3.05, 3.63) is 0 Å². The average Bonchev–Trinajstić information content (AvgIpc) is 2.49. The Morgan fingerprint density at radius 3 is 2.22 bits per heavy atom. The van der Waals surface area contributed by atoms with Gasteiger partial charge in [0.05, 0.1) is 19.8 Å². The summed E-state index contributed by atoms with van der Waals surface area (Å²) >= 11 is 0. The van der Waals surface area contributed by atoms with Gasteiger partial charge in [0.25, 0.3) is 5.79 Å². The van der Waals surface area contributed by atoms with E-state index in [0.717, 1.165) is 7.11 Å². The Balaban J connectivity index is 5.47. The van der Waals surface area contributed by atoms with E-state index in [0.29, 0.717) is 0 Å². The number of aliphatic hydroxyl groups excluding tert-OH is 4. The summed E-state index contributed by atoms with van der Waals surface area (Å²) in [5.41, 5.74) is 0. The van der Waals surface area contributed by atoms with Crippen molar-refractivity contribution >= 4 is 11.9 Å². The molecule has 10 heteroatoms. The number of amides is 1. The summed E-state index contributed by atoms with van der Waals surface area (Å²) in [5, 5.41) is 50.1. The minimum atomic E-state index is -2.60. The Bertz CT molecular complexity index is 392. The van der Waals surface area contributed by atoms with Crippen molar-refractivity contribution in [1.29, 1.82) is 0 Å². The molecule has 0 bridgehead atoms. The number of methoxy groups -OCH3 is 1. The summed E-state index contributed by atoms with van der Waals surface area (Å²) in [4.78, 5) is 22.8. The molecule has 0 aliphatic rings. The number of hydrogen-bond acceptors (Lipinski definition) is 9. The van der Waals surface area contributed by atoms with E-state index in [9.17, 15) is 24.9 Å². The van der Waals surface area contributed by atoms with Crippen molar-refractivity contribution in [2.24, 2.45) is 0 Å². The maximum atomic E-state index is 11.7. The molecule has 0 rings (SSSR count). The van der Waals surface area contributed by atoms with Gasteiger partial charge < -0.3 is 40.3 Å². The van der Waals surface area contributed by atoms with Crippen molar-refractivity contribution in [2.75, 3.05) is 20.3 Å². The fourth-order valence-corrected chi connectivity index (χ4v) is 1.94. The first-order valence-electron chi connectivity index (χ1n) is 6.96. The van der Waals surface area contributed by atoms with Gasteiger partial charge in [0.15, 0.2) is 0 Å². The number of hydrogen-bond donors (Lipinski definition) is 6. The van der Waals surface area contributed by atoms with Gasteiger partial charge in [0, 0.05) is 20.0 Å². The second kappa shape index (κ2) is 9.75. The molecule has 5 atom stereocenters. The van der Waals surface area contributed by atoms with Crippen LogP contribution in [-0.2, 0) is 19.1 Å². The Hall–Kier alpha value is -1.30. The third-order valence-corrected chi connectivity index (χ3v) is 3.13. The molecule has 0 spiro atoms. The van der Waals surface area contributed by atoms with E-state index in [2.05, 4.69) is 10.1 Å². The third kappa shape index (κ3) is 6.37. The molecule has 23 heavy (non-hydrogen) atoms. The standard InChI is InChI=1S/C13H25NO9/c1-7(14-8(2)17)11(10(19)9(18)6-16)23-13(21,4-5-15)12(20)22-3/h7,9-11,15-16,18-19,21H,4-6H2,1-3H3,(H,14,17)/t7?,9-,10-,11?,13-/m1/s1. The van der Waals surface area contributed by atoms with Crippen molar-refractivity contribution in [1.82, 2.24) is 5.32 Å². The van der Waals surface area contributed by atoms with E-state index in [4.69, 9.17) is 14.9 Å². The molecule has 0 saturated heterocycles. The SMILES string of the molecule is COC(=O)[C@@](O)(CCO)OC(C(C)NC(C)=O)[C@H](O)[C@H](O)CO. The number of aliphatic hydroxyl groups is 5. The quantitative estimate of drug-likeness (QED) is 0.178. The summed E-state index contributed by atoms with van der Waals surface area (Å²) < 4.78 is 9.55. The van der Waals surface area contributed by atoms with Crippen molar-refractivity contribution in [2.45, 2.75) is 50.4 Å². The van der Waals surface area contributed by atoms with Crippen LogP contribution in [0.25, 0.3) is 0 Å². The van der Waals surface area contributed by atoms with E-state index in [1.807, 2.05) is 0 Å². The van der Waals surface area contributed by atoms with Gasteiger partial charge in [0.2, 0.25) is 5.91 Å². The first-order chi connectivity index (χ1) is 10.6. The number of carbonyl (C=O) groups excluding carboxylic acids is 2. The topological polar surface area (TPSA) is 166 Å². The Kier molecular flexibility index (Phi) is 9.20. The smallest absolute Gasteiger partial charge is 0.366 e. The van der Waals surface area contributed by atoms with Gasteiger partial charge >= 0.3 is 5.97 Å². The van der Waals surface area contributed by atoms with E-state index in [1.54, 1.807) is 0 Å². The third-order valence-electron chi connectivity index (χ3n) is 3.13. The molecule has 10 nitrogen and oxygen atoms in total. The lowest BCUT2D eigenvalue weighted by Gasteiger charge is -2.36. The van der Waals surface area contributed by atoms with Crippen LogP contribution < -0.4 is 5.32 Å². The van der Waals surface area contributed by atoms with Gasteiger partial charge in [-0.3, -0.25) is 4.79 Å². The predicted molar refractivity (Wildman–Crippen MR) is 75.9 cm³/mol. The normalized spacial score (nSPS) is 19.1. The molecule has 0 fully saturated rings. The van der Waals surface area contributed by atoms with E-state index in [1.165, 1.54) is 13.8 Å². The van der Waals surface area contributed by atoms with E-state index < -0.39 is 61.7 Å². The first-order valence-corrected chi connectivity index (χ1v) is 6.96. The lowest BCUT2D eigenvalue weighted by atomic mass is 10.0. The van der Waals surface area contributed by atoms with Crippen LogP contribution in [0.4, 0.5) is 0 Å². The molecule has 0 heterocycles. The van der Waals surface area contributed by atoms with Crippen molar-refractivity contribution in [3.63, 3.8) is 0 Å². The van der Waals surface area contributed by atoms with Crippen LogP contribution in [0.2, 0.25) is 0 Å². The maximum Gasteiger partial charge on any atom is 0.366 e. The molecule has 136 valence electrons. The lowest BCUT2D eigenvalue weighted by Crippen LogP contribution is -2.58.